The van der Waals surface area contributed by atoms with Gasteiger partial charge in [0.15, 0.2) is 0 Å². The largest absolute Gasteiger partial charge is 0.289 e. The maximum absolute atomic E-state index is 11.2. The molecule has 0 rings (SSSR count). The first-order chi connectivity index (χ1) is 4.68. The summed E-state index contributed by atoms with van der Waals surface area (Å²) in [5.41, 5.74) is 0. The van der Waals surface area contributed by atoms with Crippen LogP contribution in [0.3, 0.4) is 0 Å². The second kappa shape index (κ2) is 4.45. The second-order valence-electron chi connectivity index (χ2n) is 1.84. The first-order valence-corrected chi connectivity index (χ1v) is 4.81. The molecule has 0 unspecified atom stereocenters. The zero-order valence-electron chi connectivity index (χ0n) is 5.69. The van der Waals surface area contributed by atoms with Crippen LogP contribution in [-0.4, -0.2) is 17.6 Å². The van der Waals surface area contributed by atoms with Gasteiger partial charge < -0.3 is 0 Å². The number of allylic oxidation sites excluding steroid dienone is 2. The molecule has 0 aromatic rings. The van der Waals surface area contributed by atoms with Crippen molar-refractivity contribution in [1.29, 1.82) is 0 Å². The molecule has 4 heteroatoms. The third-order valence-corrected chi connectivity index (χ3v) is 2.89. The van der Waals surface area contributed by atoms with E-state index < -0.39 is 7.37 Å². The van der Waals surface area contributed by atoms with Gasteiger partial charge in [-0.2, -0.15) is 4.67 Å². The fraction of sp³-hybridized carbons (Fsp3) is 0.333. The lowest BCUT2D eigenvalue weighted by Gasteiger charge is -2.07. The summed E-state index contributed by atoms with van der Waals surface area (Å²) >= 11 is 0. The Morgan fingerprint density at radius 3 is 2.00 bits per heavy atom. The summed E-state index contributed by atoms with van der Waals surface area (Å²) in [6.45, 7) is 6.76. The Morgan fingerprint density at radius 2 is 1.80 bits per heavy atom. The Kier molecular flexibility index (Phi) is 4.28. The lowest BCUT2D eigenvalue weighted by Crippen LogP contribution is -1.92. The number of rotatable bonds is 5. The summed E-state index contributed by atoms with van der Waals surface area (Å²) < 4.78 is 15.0. The second-order valence-corrected chi connectivity index (χ2v) is 4.36. The molecule has 0 fully saturated rings. The molecule has 0 radical (unpaired) electrons. The molecule has 3 nitrogen and oxygen atoms in total. The van der Waals surface area contributed by atoms with Gasteiger partial charge in [-0.1, -0.05) is 12.2 Å². The predicted octanol–water partition coefficient (Wildman–Crippen LogP) is 2.13. The van der Waals surface area contributed by atoms with Crippen LogP contribution in [0.2, 0.25) is 0 Å². The third-order valence-electron chi connectivity index (χ3n) is 0.963. The van der Waals surface area contributed by atoms with Crippen molar-refractivity contribution in [3.63, 3.8) is 0 Å². The molecule has 0 aliphatic heterocycles. The molecule has 0 aliphatic carbocycles. The maximum atomic E-state index is 11.2. The van der Waals surface area contributed by atoms with Crippen molar-refractivity contribution in [2.45, 2.75) is 0 Å². The molecule has 0 aliphatic rings. The van der Waals surface area contributed by atoms with Crippen LogP contribution in [0.1, 0.15) is 0 Å². The zero-order chi connectivity index (χ0) is 8.04. The van der Waals surface area contributed by atoms with Crippen LogP contribution >= 0.6 is 7.37 Å². The van der Waals surface area contributed by atoms with E-state index in [4.69, 9.17) is 5.26 Å². The van der Waals surface area contributed by atoms with Crippen molar-refractivity contribution in [3.8, 4) is 0 Å². The van der Waals surface area contributed by atoms with Gasteiger partial charge in [0.05, 0.1) is 0 Å². The predicted molar refractivity (Wildman–Crippen MR) is 41.4 cm³/mol. The Balaban J connectivity index is 4.07. The van der Waals surface area contributed by atoms with E-state index >= 15 is 0 Å². The SMILES string of the molecule is C=CCP(=O)(CC=C)OO. The average molecular weight is 162 g/mol. The minimum absolute atomic E-state index is 0.176. The molecular weight excluding hydrogens is 151 g/mol. The highest BCUT2D eigenvalue weighted by atomic mass is 31.2. The summed E-state index contributed by atoms with van der Waals surface area (Å²) in [7, 11) is -2.88. The lowest BCUT2D eigenvalue weighted by molar-refractivity contribution is -0.134. The highest BCUT2D eigenvalue weighted by molar-refractivity contribution is 7.59. The molecule has 0 amide bonds. The normalized spacial score (nSPS) is 10.9. The van der Waals surface area contributed by atoms with Gasteiger partial charge in [-0.05, 0) is 0 Å². The smallest absolute Gasteiger partial charge is 0.242 e. The molecule has 0 aromatic carbocycles. The topological polar surface area (TPSA) is 46.5 Å². The first-order valence-electron chi connectivity index (χ1n) is 2.81. The monoisotopic (exact) mass is 162 g/mol. The third kappa shape index (κ3) is 2.97. The first kappa shape index (κ1) is 9.63. The fourth-order valence-corrected chi connectivity index (χ4v) is 1.60. The minimum atomic E-state index is -2.88. The van der Waals surface area contributed by atoms with Crippen molar-refractivity contribution in [2.24, 2.45) is 0 Å². The summed E-state index contributed by atoms with van der Waals surface area (Å²) in [5.74, 6) is 0. The molecule has 0 heterocycles. The molecule has 0 aromatic heterocycles. The van der Waals surface area contributed by atoms with Crippen LogP contribution in [0.15, 0.2) is 25.3 Å². The van der Waals surface area contributed by atoms with E-state index in [0.29, 0.717) is 0 Å². The van der Waals surface area contributed by atoms with E-state index in [0.717, 1.165) is 0 Å². The highest BCUT2D eigenvalue weighted by Crippen LogP contribution is 2.45. The standard InChI is InChI=1S/C6H11O3P/c1-3-5-10(8,9-7)6-4-2/h3-4,7H,1-2,5-6H2. The molecule has 1 N–H and O–H groups in total. The molecule has 0 atom stereocenters. The number of hydrogen-bond acceptors (Lipinski definition) is 3. The average Bonchev–Trinajstić information content (AvgIpc) is 1.89. The Hall–Kier alpha value is -0.370. The Bertz CT molecular complexity index is 150. The van der Waals surface area contributed by atoms with Gasteiger partial charge in [-0.15, -0.1) is 13.2 Å². The molecule has 0 spiro atoms. The lowest BCUT2D eigenvalue weighted by atomic mass is 10.8. The van der Waals surface area contributed by atoms with Gasteiger partial charge in [-0.3, -0.25) is 4.57 Å². The molecule has 0 saturated heterocycles. The summed E-state index contributed by atoms with van der Waals surface area (Å²) in [4.78, 5) is 0. The van der Waals surface area contributed by atoms with Crippen molar-refractivity contribution in [1.82, 2.24) is 0 Å². The van der Waals surface area contributed by atoms with Gasteiger partial charge in [0.2, 0.25) is 7.37 Å². The van der Waals surface area contributed by atoms with E-state index in [2.05, 4.69) is 17.8 Å². The summed E-state index contributed by atoms with van der Waals surface area (Å²) in [5, 5.41) is 8.19. The van der Waals surface area contributed by atoms with Gasteiger partial charge >= 0.3 is 0 Å². The molecular formula is C6H11O3P. The van der Waals surface area contributed by atoms with Crippen LogP contribution in [0.5, 0.6) is 0 Å². The zero-order valence-corrected chi connectivity index (χ0v) is 6.59. The quantitative estimate of drug-likeness (QED) is 0.291. The van der Waals surface area contributed by atoms with Crippen molar-refractivity contribution in [3.05, 3.63) is 25.3 Å². The molecule has 0 bridgehead atoms. The van der Waals surface area contributed by atoms with E-state index in [1.165, 1.54) is 12.2 Å². The molecule has 10 heavy (non-hydrogen) atoms. The highest BCUT2D eigenvalue weighted by Gasteiger charge is 2.18. The maximum Gasteiger partial charge on any atom is 0.242 e. The van der Waals surface area contributed by atoms with E-state index in [1.807, 2.05) is 0 Å². The van der Waals surface area contributed by atoms with Crippen molar-refractivity contribution >= 4 is 7.37 Å². The van der Waals surface area contributed by atoms with E-state index in [-0.39, 0.29) is 12.3 Å². The Labute approximate surface area is 60.4 Å². The van der Waals surface area contributed by atoms with E-state index in [9.17, 15) is 4.57 Å². The number of hydrogen-bond donors (Lipinski definition) is 1. The summed E-state index contributed by atoms with van der Waals surface area (Å²) in [6, 6.07) is 0. The molecule has 0 saturated carbocycles. The Morgan fingerprint density at radius 1 is 1.40 bits per heavy atom. The van der Waals surface area contributed by atoms with Crippen LogP contribution in [0.25, 0.3) is 0 Å². The van der Waals surface area contributed by atoms with Crippen LogP contribution in [0, 0.1) is 0 Å². The van der Waals surface area contributed by atoms with Crippen LogP contribution in [-0.2, 0) is 9.24 Å². The van der Waals surface area contributed by atoms with Gasteiger partial charge in [0.25, 0.3) is 0 Å². The fourth-order valence-electron chi connectivity index (χ4n) is 0.535. The van der Waals surface area contributed by atoms with Crippen molar-refractivity contribution in [2.75, 3.05) is 12.3 Å². The van der Waals surface area contributed by atoms with E-state index in [1.54, 1.807) is 0 Å². The summed E-state index contributed by atoms with van der Waals surface area (Å²) in [6.07, 6.45) is 3.24. The molecule has 58 valence electrons. The van der Waals surface area contributed by atoms with Gasteiger partial charge in [-0.25, -0.2) is 5.26 Å². The van der Waals surface area contributed by atoms with Crippen LogP contribution in [0.4, 0.5) is 0 Å². The minimum Gasteiger partial charge on any atom is -0.289 e. The van der Waals surface area contributed by atoms with Crippen molar-refractivity contribution < 1.29 is 14.5 Å². The van der Waals surface area contributed by atoms with Gasteiger partial charge in [0, 0.05) is 12.3 Å². The van der Waals surface area contributed by atoms with Gasteiger partial charge in [0.1, 0.15) is 0 Å². The van der Waals surface area contributed by atoms with Crippen LogP contribution < -0.4 is 0 Å².